The Hall–Kier alpha value is -3.50. The van der Waals surface area contributed by atoms with Gasteiger partial charge >= 0.3 is 0 Å². The van der Waals surface area contributed by atoms with Crippen LogP contribution in [0.4, 0.5) is 0 Å². The number of nitrogens with zero attached hydrogens (tertiary/aromatic N) is 1. The van der Waals surface area contributed by atoms with Crippen LogP contribution in [-0.2, 0) is 0 Å². The number of fused-ring (bicyclic) bond motifs is 1. The van der Waals surface area contributed by atoms with Gasteiger partial charge in [-0.1, -0.05) is 72.3 Å². The van der Waals surface area contributed by atoms with Crippen molar-refractivity contribution in [3.05, 3.63) is 95.0 Å². The Bertz CT molecular complexity index is 1240. The molecular formula is C25H18ClNO3. The van der Waals surface area contributed by atoms with Crippen molar-refractivity contribution in [1.29, 1.82) is 0 Å². The SMILES string of the molecule is CC(=O)c1c(OCC(=O)c2ccccc2)nc2ccc(Cl)cc2c1-c1ccccc1. The van der Waals surface area contributed by atoms with E-state index in [-0.39, 0.29) is 24.1 Å². The zero-order chi connectivity index (χ0) is 21.1. The van der Waals surface area contributed by atoms with E-state index in [2.05, 4.69) is 4.98 Å². The number of ether oxygens (including phenoxy) is 1. The van der Waals surface area contributed by atoms with Gasteiger partial charge in [-0.3, -0.25) is 9.59 Å². The molecule has 0 spiro atoms. The quantitative estimate of drug-likeness (QED) is 0.361. The largest absolute Gasteiger partial charge is 0.469 e. The van der Waals surface area contributed by atoms with Gasteiger partial charge in [-0.2, -0.15) is 0 Å². The highest BCUT2D eigenvalue weighted by Gasteiger charge is 2.22. The number of hydrogen-bond donors (Lipinski definition) is 0. The molecule has 1 heterocycles. The van der Waals surface area contributed by atoms with Crippen LogP contribution in [0.2, 0.25) is 5.02 Å². The summed E-state index contributed by atoms with van der Waals surface area (Å²) in [7, 11) is 0. The van der Waals surface area contributed by atoms with Crippen LogP contribution in [0.1, 0.15) is 27.6 Å². The minimum absolute atomic E-state index is 0.139. The molecule has 148 valence electrons. The molecule has 0 radical (unpaired) electrons. The second kappa shape index (κ2) is 8.47. The van der Waals surface area contributed by atoms with Crippen molar-refractivity contribution in [3.8, 4) is 17.0 Å². The molecule has 0 N–H and O–H groups in total. The molecule has 5 heteroatoms. The van der Waals surface area contributed by atoms with Gasteiger partial charge < -0.3 is 4.74 Å². The summed E-state index contributed by atoms with van der Waals surface area (Å²) in [6, 6.07) is 23.7. The summed E-state index contributed by atoms with van der Waals surface area (Å²) < 4.78 is 5.80. The van der Waals surface area contributed by atoms with Crippen molar-refractivity contribution in [3.63, 3.8) is 0 Å². The molecule has 0 fully saturated rings. The first-order valence-electron chi connectivity index (χ1n) is 9.45. The van der Waals surface area contributed by atoms with Crippen molar-refractivity contribution in [2.75, 3.05) is 6.61 Å². The zero-order valence-corrected chi connectivity index (χ0v) is 17.0. The van der Waals surface area contributed by atoms with Crippen molar-refractivity contribution in [1.82, 2.24) is 4.98 Å². The first kappa shape index (κ1) is 19.8. The van der Waals surface area contributed by atoms with E-state index < -0.39 is 0 Å². The Morgan fingerprint density at radius 1 is 0.933 bits per heavy atom. The second-order valence-electron chi connectivity index (χ2n) is 6.83. The third-order valence-corrected chi connectivity index (χ3v) is 5.00. The highest BCUT2D eigenvalue weighted by atomic mass is 35.5. The number of carbonyl (C=O) groups excluding carboxylic acids is 2. The van der Waals surface area contributed by atoms with Gasteiger partial charge in [-0.15, -0.1) is 0 Å². The Labute approximate surface area is 179 Å². The minimum Gasteiger partial charge on any atom is -0.469 e. The average molecular weight is 416 g/mol. The van der Waals surface area contributed by atoms with Crippen molar-refractivity contribution in [2.24, 2.45) is 0 Å². The van der Waals surface area contributed by atoms with Gasteiger partial charge in [0.25, 0.3) is 0 Å². The van der Waals surface area contributed by atoms with Gasteiger partial charge in [0.2, 0.25) is 5.88 Å². The van der Waals surface area contributed by atoms with Crippen LogP contribution in [0.25, 0.3) is 22.0 Å². The molecule has 0 bridgehead atoms. The fourth-order valence-corrected chi connectivity index (χ4v) is 3.56. The first-order valence-corrected chi connectivity index (χ1v) is 9.83. The summed E-state index contributed by atoms with van der Waals surface area (Å²) in [4.78, 5) is 29.7. The number of hydrogen-bond acceptors (Lipinski definition) is 4. The van der Waals surface area contributed by atoms with Gasteiger partial charge in [-0.05, 0) is 30.7 Å². The first-order chi connectivity index (χ1) is 14.5. The minimum atomic E-state index is -0.218. The molecule has 1 aromatic heterocycles. The Kier molecular flexibility index (Phi) is 5.59. The molecule has 0 aliphatic rings. The smallest absolute Gasteiger partial charge is 0.226 e. The number of Topliss-reactive ketones (excluding diaryl/α,β-unsaturated/α-hetero) is 2. The average Bonchev–Trinajstić information content (AvgIpc) is 2.77. The summed E-state index contributed by atoms with van der Waals surface area (Å²) in [5.41, 5.74) is 3.04. The van der Waals surface area contributed by atoms with E-state index in [1.54, 1.807) is 42.5 Å². The Morgan fingerprint density at radius 3 is 2.27 bits per heavy atom. The lowest BCUT2D eigenvalue weighted by Crippen LogP contribution is -2.14. The normalized spacial score (nSPS) is 10.7. The lowest BCUT2D eigenvalue weighted by molar-refractivity contribution is 0.0910. The van der Waals surface area contributed by atoms with Crippen LogP contribution in [0.15, 0.2) is 78.9 Å². The molecule has 0 aliphatic heterocycles. The van der Waals surface area contributed by atoms with Gasteiger partial charge in [0.1, 0.15) is 0 Å². The van der Waals surface area contributed by atoms with Gasteiger partial charge in [0.15, 0.2) is 18.2 Å². The number of benzene rings is 3. The van der Waals surface area contributed by atoms with E-state index >= 15 is 0 Å². The number of ketones is 2. The van der Waals surface area contributed by atoms with Crippen LogP contribution in [-0.4, -0.2) is 23.2 Å². The Balaban J connectivity index is 1.85. The number of carbonyl (C=O) groups is 2. The standard InChI is InChI=1S/C25H18ClNO3/c1-16(28)23-24(18-10-6-3-7-11-18)20-14-19(26)12-13-21(20)27-25(23)30-15-22(29)17-8-4-2-5-9-17/h2-14H,15H2,1H3. The van der Waals surface area contributed by atoms with E-state index in [4.69, 9.17) is 16.3 Å². The Morgan fingerprint density at radius 2 is 1.60 bits per heavy atom. The molecule has 0 saturated heterocycles. The molecule has 0 amide bonds. The molecule has 30 heavy (non-hydrogen) atoms. The van der Waals surface area contributed by atoms with Crippen LogP contribution >= 0.6 is 11.6 Å². The number of aromatic nitrogens is 1. The maximum absolute atomic E-state index is 12.7. The van der Waals surface area contributed by atoms with E-state index in [0.717, 1.165) is 10.9 Å². The summed E-state index contributed by atoms with van der Waals surface area (Å²) in [5, 5.41) is 1.30. The second-order valence-corrected chi connectivity index (χ2v) is 7.26. The third kappa shape index (κ3) is 3.95. The zero-order valence-electron chi connectivity index (χ0n) is 16.3. The number of pyridine rings is 1. The fraction of sp³-hybridized carbons (Fsp3) is 0.0800. The predicted molar refractivity (Wildman–Crippen MR) is 118 cm³/mol. The number of rotatable bonds is 6. The van der Waals surface area contributed by atoms with Gasteiger partial charge in [0.05, 0.1) is 11.1 Å². The third-order valence-electron chi connectivity index (χ3n) is 4.76. The van der Waals surface area contributed by atoms with E-state index in [0.29, 0.717) is 27.2 Å². The van der Waals surface area contributed by atoms with Gasteiger partial charge in [0, 0.05) is 21.5 Å². The summed E-state index contributed by atoms with van der Waals surface area (Å²) >= 11 is 6.23. The molecule has 0 saturated carbocycles. The van der Waals surface area contributed by atoms with Crippen LogP contribution in [0, 0.1) is 0 Å². The molecular weight excluding hydrogens is 398 g/mol. The van der Waals surface area contributed by atoms with Crippen molar-refractivity contribution >= 4 is 34.1 Å². The van der Waals surface area contributed by atoms with Crippen molar-refractivity contribution < 1.29 is 14.3 Å². The lowest BCUT2D eigenvalue weighted by atomic mass is 9.94. The molecule has 0 atom stereocenters. The number of halogens is 1. The summed E-state index contributed by atoms with van der Waals surface area (Å²) in [6.45, 7) is 1.25. The molecule has 0 aliphatic carbocycles. The summed E-state index contributed by atoms with van der Waals surface area (Å²) in [6.07, 6.45) is 0. The van der Waals surface area contributed by atoms with Gasteiger partial charge in [-0.25, -0.2) is 4.98 Å². The molecule has 4 rings (SSSR count). The molecule has 0 unspecified atom stereocenters. The molecule has 3 aromatic carbocycles. The maximum atomic E-state index is 12.7. The highest BCUT2D eigenvalue weighted by Crippen LogP contribution is 2.37. The van der Waals surface area contributed by atoms with E-state index in [1.165, 1.54) is 6.92 Å². The fourth-order valence-electron chi connectivity index (χ4n) is 3.39. The maximum Gasteiger partial charge on any atom is 0.226 e. The highest BCUT2D eigenvalue weighted by molar-refractivity contribution is 6.31. The lowest BCUT2D eigenvalue weighted by Gasteiger charge is -2.16. The van der Waals surface area contributed by atoms with E-state index in [1.807, 2.05) is 36.4 Å². The van der Waals surface area contributed by atoms with Crippen LogP contribution < -0.4 is 4.74 Å². The molecule has 4 aromatic rings. The predicted octanol–water partition coefficient (Wildman–Crippen LogP) is 6.02. The topological polar surface area (TPSA) is 56.3 Å². The van der Waals surface area contributed by atoms with E-state index in [9.17, 15) is 9.59 Å². The van der Waals surface area contributed by atoms with Crippen molar-refractivity contribution in [2.45, 2.75) is 6.92 Å². The van der Waals surface area contributed by atoms with Crippen LogP contribution in [0.3, 0.4) is 0 Å². The summed E-state index contributed by atoms with van der Waals surface area (Å²) in [5.74, 6) is -0.254. The monoisotopic (exact) mass is 415 g/mol. The molecule has 4 nitrogen and oxygen atoms in total. The van der Waals surface area contributed by atoms with Crippen LogP contribution in [0.5, 0.6) is 5.88 Å².